The number of benzene rings is 1. The summed E-state index contributed by atoms with van der Waals surface area (Å²) in [6, 6.07) is 3.65. The molecule has 5 nitrogen and oxygen atoms in total. The Labute approximate surface area is 104 Å². The van der Waals surface area contributed by atoms with Crippen LogP contribution < -0.4 is 4.72 Å². The molecule has 0 saturated heterocycles. The molecule has 0 aliphatic rings. The number of hydrogen-bond acceptors (Lipinski definition) is 3. The number of hydrogen-bond donors (Lipinski definition) is 2. The van der Waals surface area contributed by atoms with Crippen LogP contribution in [0.15, 0.2) is 35.5 Å². The standard InChI is InChI=1S/C11H12FN3O2S/c1-8-2-3-9(12)6-10(8)18(16,17)15-7-11-13-4-5-14-11/h2-6,15H,7H2,1H3,(H,13,14). The second kappa shape index (κ2) is 4.87. The Balaban J connectivity index is 2.22. The minimum atomic E-state index is -3.74. The van der Waals surface area contributed by atoms with Crippen molar-refractivity contribution in [1.82, 2.24) is 14.7 Å². The molecule has 0 saturated carbocycles. The fourth-order valence-electron chi connectivity index (χ4n) is 1.50. The highest BCUT2D eigenvalue weighted by atomic mass is 32.2. The van der Waals surface area contributed by atoms with Gasteiger partial charge in [0, 0.05) is 12.4 Å². The van der Waals surface area contributed by atoms with E-state index in [1.165, 1.54) is 18.3 Å². The highest BCUT2D eigenvalue weighted by molar-refractivity contribution is 7.89. The molecule has 7 heteroatoms. The highest BCUT2D eigenvalue weighted by Crippen LogP contribution is 2.16. The maximum atomic E-state index is 13.1. The van der Waals surface area contributed by atoms with E-state index >= 15 is 0 Å². The molecule has 96 valence electrons. The molecule has 0 bridgehead atoms. The first-order valence-corrected chi connectivity index (χ1v) is 6.71. The van der Waals surface area contributed by atoms with Crippen molar-refractivity contribution in [2.45, 2.75) is 18.4 Å². The van der Waals surface area contributed by atoms with Crippen molar-refractivity contribution in [1.29, 1.82) is 0 Å². The number of nitrogens with zero attached hydrogens (tertiary/aromatic N) is 1. The van der Waals surface area contributed by atoms with Gasteiger partial charge in [-0.25, -0.2) is 22.5 Å². The molecule has 2 rings (SSSR count). The lowest BCUT2D eigenvalue weighted by molar-refractivity contribution is 0.575. The molecule has 0 atom stereocenters. The van der Waals surface area contributed by atoms with Crippen LogP contribution in [0.3, 0.4) is 0 Å². The van der Waals surface area contributed by atoms with E-state index in [4.69, 9.17) is 0 Å². The number of sulfonamides is 1. The molecule has 0 spiro atoms. The second-order valence-corrected chi connectivity index (χ2v) is 5.51. The molecule has 2 N–H and O–H groups in total. The SMILES string of the molecule is Cc1ccc(F)cc1S(=O)(=O)NCc1ncc[nH]1. The van der Waals surface area contributed by atoms with Gasteiger partial charge >= 0.3 is 0 Å². The van der Waals surface area contributed by atoms with Gasteiger partial charge in [0.25, 0.3) is 0 Å². The van der Waals surface area contributed by atoms with Crippen LogP contribution in [0.1, 0.15) is 11.4 Å². The largest absolute Gasteiger partial charge is 0.347 e. The molecule has 0 aliphatic heterocycles. The third-order valence-corrected chi connectivity index (χ3v) is 3.97. The van der Waals surface area contributed by atoms with Crippen molar-refractivity contribution >= 4 is 10.0 Å². The van der Waals surface area contributed by atoms with Gasteiger partial charge in [0.05, 0.1) is 11.4 Å². The van der Waals surface area contributed by atoms with Gasteiger partial charge in [0.1, 0.15) is 11.6 Å². The first-order chi connectivity index (χ1) is 8.49. The Kier molecular flexibility index (Phi) is 3.44. The molecule has 0 unspecified atom stereocenters. The summed E-state index contributed by atoms with van der Waals surface area (Å²) in [6.07, 6.45) is 3.12. The van der Waals surface area contributed by atoms with Crippen LogP contribution in [0.25, 0.3) is 0 Å². The van der Waals surface area contributed by atoms with E-state index in [2.05, 4.69) is 14.7 Å². The van der Waals surface area contributed by atoms with Crippen molar-refractivity contribution in [3.8, 4) is 0 Å². The Morgan fingerprint density at radius 2 is 2.22 bits per heavy atom. The van der Waals surface area contributed by atoms with Crippen LogP contribution in [-0.4, -0.2) is 18.4 Å². The quantitative estimate of drug-likeness (QED) is 0.879. The van der Waals surface area contributed by atoms with Gasteiger partial charge in [0.15, 0.2) is 0 Å². The first-order valence-electron chi connectivity index (χ1n) is 5.23. The Morgan fingerprint density at radius 1 is 1.44 bits per heavy atom. The number of aryl methyl sites for hydroxylation is 1. The lowest BCUT2D eigenvalue weighted by Crippen LogP contribution is -2.24. The van der Waals surface area contributed by atoms with E-state index in [0.717, 1.165) is 6.07 Å². The average Bonchev–Trinajstić information content (AvgIpc) is 2.83. The van der Waals surface area contributed by atoms with Gasteiger partial charge < -0.3 is 4.98 Å². The van der Waals surface area contributed by atoms with E-state index < -0.39 is 15.8 Å². The van der Waals surface area contributed by atoms with Gasteiger partial charge in [-0.05, 0) is 24.6 Å². The van der Waals surface area contributed by atoms with Gasteiger partial charge in [0.2, 0.25) is 10.0 Å². The van der Waals surface area contributed by atoms with Gasteiger partial charge in [-0.1, -0.05) is 6.07 Å². The van der Waals surface area contributed by atoms with Crippen molar-refractivity contribution < 1.29 is 12.8 Å². The molecule has 0 aliphatic carbocycles. The number of rotatable bonds is 4. The van der Waals surface area contributed by atoms with Gasteiger partial charge in [-0.2, -0.15) is 0 Å². The number of imidazole rings is 1. The molecule has 2 aromatic rings. The summed E-state index contributed by atoms with van der Waals surface area (Å²) in [5.74, 6) is -0.0911. The van der Waals surface area contributed by atoms with E-state index in [1.807, 2.05) is 0 Å². The maximum absolute atomic E-state index is 13.1. The monoisotopic (exact) mass is 269 g/mol. The molecular weight excluding hydrogens is 257 g/mol. The normalized spacial score (nSPS) is 11.7. The fraction of sp³-hybridized carbons (Fsp3) is 0.182. The fourth-order valence-corrected chi connectivity index (χ4v) is 2.74. The van der Waals surface area contributed by atoms with Gasteiger partial charge in [-0.15, -0.1) is 0 Å². The highest BCUT2D eigenvalue weighted by Gasteiger charge is 2.17. The van der Waals surface area contributed by atoms with Gasteiger partial charge in [-0.3, -0.25) is 0 Å². The van der Waals surface area contributed by atoms with Crippen molar-refractivity contribution in [3.63, 3.8) is 0 Å². The Bertz CT molecular complexity index is 638. The minimum absolute atomic E-state index is 0.0330. The predicted octanol–water partition coefficient (Wildman–Crippen LogP) is 1.34. The van der Waals surface area contributed by atoms with Crippen molar-refractivity contribution in [3.05, 3.63) is 47.8 Å². The summed E-state index contributed by atoms with van der Waals surface area (Å²) < 4.78 is 39.4. The van der Waals surface area contributed by atoms with E-state index in [9.17, 15) is 12.8 Å². The van der Waals surface area contributed by atoms with Crippen LogP contribution in [0, 0.1) is 12.7 Å². The predicted molar refractivity (Wildman–Crippen MR) is 63.8 cm³/mol. The second-order valence-electron chi connectivity index (χ2n) is 3.77. The third-order valence-electron chi connectivity index (χ3n) is 2.42. The summed E-state index contributed by atoms with van der Waals surface area (Å²) >= 11 is 0. The molecule has 1 aromatic carbocycles. The number of H-pyrrole nitrogens is 1. The first kappa shape index (κ1) is 12.7. The molecule has 1 heterocycles. The van der Waals surface area contributed by atoms with Crippen molar-refractivity contribution in [2.75, 3.05) is 0 Å². The summed E-state index contributed by atoms with van der Waals surface area (Å²) in [5.41, 5.74) is 0.489. The van der Waals surface area contributed by atoms with Crippen LogP contribution >= 0.6 is 0 Å². The molecule has 0 fully saturated rings. The smallest absolute Gasteiger partial charge is 0.241 e. The lowest BCUT2D eigenvalue weighted by atomic mass is 10.2. The van der Waals surface area contributed by atoms with Crippen molar-refractivity contribution in [2.24, 2.45) is 0 Å². The van der Waals surface area contributed by atoms with Crippen LogP contribution in [-0.2, 0) is 16.6 Å². The summed E-state index contributed by atoms with van der Waals surface area (Å²) in [5, 5.41) is 0. The molecule has 0 radical (unpaired) electrons. The van der Waals surface area contributed by atoms with E-state index in [-0.39, 0.29) is 11.4 Å². The lowest BCUT2D eigenvalue weighted by Gasteiger charge is -2.08. The minimum Gasteiger partial charge on any atom is -0.347 e. The summed E-state index contributed by atoms with van der Waals surface area (Å²) in [6.45, 7) is 1.65. The van der Waals surface area contributed by atoms with Crippen LogP contribution in [0.5, 0.6) is 0 Å². The summed E-state index contributed by atoms with van der Waals surface area (Å²) in [7, 11) is -3.74. The molecule has 0 amide bonds. The number of aromatic amines is 1. The van der Waals surface area contributed by atoms with Crippen LogP contribution in [0.2, 0.25) is 0 Å². The Morgan fingerprint density at radius 3 is 2.89 bits per heavy atom. The molecular formula is C11H12FN3O2S. The average molecular weight is 269 g/mol. The third kappa shape index (κ3) is 2.74. The van der Waals surface area contributed by atoms with E-state index in [1.54, 1.807) is 13.1 Å². The number of nitrogens with one attached hydrogen (secondary N) is 2. The zero-order valence-electron chi connectivity index (χ0n) is 9.64. The summed E-state index contributed by atoms with van der Waals surface area (Å²) in [4.78, 5) is 6.61. The Hall–Kier alpha value is -1.73. The topological polar surface area (TPSA) is 74.8 Å². The number of aromatic nitrogens is 2. The van der Waals surface area contributed by atoms with Crippen LogP contribution in [0.4, 0.5) is 4.39 Å². The number of halogens is 1. The molecule has 1 aromatic heterocycles. The van der Waals surface area contributed by atoms with E-state index in [0.29, 0.717) is 11.4 Å². The maximum Gasteiger partial charge on any atom is 0.241 e. The zero-order valence-corrected chi connectivity index (χ0v) is 10.5. The zero-order chi connectivity index (χ0) is 13.2. The molecule has 18 heavy (non-hydrogen) atoms.